The standard InChI is InChI=1S/C46H27NO2S/c1-2-9-28(10-3-1)29-17-19-30(20-18-29)47(37-13-8-16-43-46(37)35-12-5-7-15-42(35)50-43)31-21-24-39-36(27-31)45-33-23-25-40-44(32(33)22-26-41(45)49-39)34-11-4-6-14-38(34)48-40/h1-27H. The summed E-state index contributed by atoms with van der Waals surface area (Å²) >= 11 is 1.84. The summed E-state index contributed by atoms with van der Waals surface area (Å²) in [6.07, 6.45) is 0. The van der Waals surface area contributed by atoms with Crippen molar-refractivity contribution >= 4 is 103 Å². The van der Waals surface area contributed by atoms with Gasteiger partial charge in [0.1, 0.15) is 22.3 Å². The van der Waals surface area contributed by atoms with E-state index in [1.54, 1.807) is 0 Å². The number of rotatable bonds is 4. The Morgan fingerprint density at radius 2 is 0.960 bits per heavy atom. The Morgan fingerprint density at radius 1 is 0.360 bits per heavy atom. The van der Waals surface area contributed by atoms with Crippen molar-refractivity contribution in [3.05, 3.63) is 164 Å². The monoisotopic (exact) mass is 657 g/mol. The van der Waals surface area contributed by atoms with E-state index in [1.165, 1.54) is 31.3 Å². The molecule has 0 spiro atoms. The topological polar surface area (TPSA) is 29.5 Å². The lowest BCUT2D eigenvalue weighted by Crippen LogP contribution is -2.10. The smallest absolute Gasteiger partial charge is 0.136 e. The Labute approximate surface area is 290 Å². The highest BCUT2D eigenvalue weighted by molar-refractivity contribution is 7.26. The van der Waals surface area contributed by atoms with Gasteiger partial charge in [-0.2, -0.15) is 0 Å². The summed E-state index contributed by atoms with van der Waals surface area (Å²) in [5, 5.41) is 9.32. The Balaban J connectivity index is 1.18. The second kappa shape index (κ2) is 10.6. The van der Waals surface area contributed by atoms with Gasteiger partial charge in [-0.25, -0.2) is 0 Å². The Bertz CT molecular complexity index is 3090. The van der Waals surface area contributed by atoms with Gasteiger partial charge in [0.2, 0.25) is 0 Å². The molecule has 0 aliphatic carbocycles. The van der Waals surface area contributed by atoms with Crippen molar-refractivity contribution < 1.29 is 8.83 Å². The van der Waals surface area contributed by atoms with Gasteiger partial charge in [0.05, 0.1) is 5.69 Å². The zero-order valence-corrected chi connectivity index (χ0v) is 27.6. The number of hydrogen-bond donors (Lipinski definition) is 0. The summed E-state index contributed by atoms with van der Waals surface area (Å²) in [6, 6.07) is 58.3. The Hall–Kier alpha value is -6.36. The summed E-state index contributed by atoms with van der Waals surface area (Å²) in [4.78, 5) is 2.40. The molecule has 11 aromatic rings. The van der Waals surface area contributed by atoms with E-state index >= 15 is 0 Å². The first kappa shape index (κ1) is 27.6. The van der Waals surface area contributed by atoms with E-state index < -0.39 is 0 Å². The van der Waals surface area contributed by atoms with Gasteiger partial charge in [0, 0.05) is 53.1 Å². The number of para-hydroxylation sites is 1. The van der Waals surface area contributed by atoms with Gasteiger partial charge in [0.25, 0.3) is 0 Å². The average Bonchev–Trinajstić information content (AvgIpc) is 3.87. The zero-order chi connectivity index (χ0) is 32.8. The van der Waals surface area contributed by atoms with Crippen molar-refractivity contribution in [3.8, 4) is 11.1 Å². The second-order valence-electron chi connectivity index (χ2n) is 12.9. The summed E-state index contributed by atoms with van der Waals surface area (Å²) in [5.74, 6) is 0. The van der Waals surface area contributed by atoms with Crippen LogP contribution in [0.3, 0.4) is 0 Å². The molecule has 0 radical (unpaired) electrons. The summed E-state index contributed by atoms with van der Waals surface area (Å²) in [7, 11) is 0. The molecule has 0 bridgehead atoms. The molecule has 8 aromatic carbocycles. The molecule has 0 saturated carbocycles. The van der Waals surface area contributed by atoms with Gasteiger partial charge in [-0.3, -0.25) is 0 Å². The number of hydrogen-bond acceptors (Lipinski definition) is 4. The van der Waals surface area contributed by atoms with Crippen LogP contribution in [0.4, 0.5) is 17.1 Å². The lowest BCUT2D eigenvalue weighted by molar-refractivity contribution is 0.668. The maximum absolute atomic E-state index is 6.53. The molecule has 3 aromatic heterocycles. The molecule has 0 fully saturated rings. The van der Waals surface area contributed by atoms with Gasteiger partial charge < -0.3 is 13.7 Å². The number of anilines is 3. The fraction of sp³-hybridized carbons (Fsp3) is 0. The van der Waals surface area contributed by atoms with Crippen LogP contribution < -0.4 is 4.90 Å². The molecule has 0 saturated heterocycles. The van der Waals surface area contributed by atoms with Crippen molar-refractivity contribution in [2.45, 2.75) is 0 Å². The number of benzene rings is 8. The third-order valence-corrected chi connectivity index (χ3v) is 11.2. The molecule has 234 valence electrons. The van der Waals surface area contributed by atoms with Crippen LogP contribution in [-0.2, 0) is 0 Å². The van der Waals surface area contributed by atoms with Crippen LogP contribution in [0.1, 0.15) is 0 Å². The highest BCUT2D eigenvalue weighted by atomic mass is 32.1. The first-order chi connectivity index (χ1) is 24.8. The van der Waals surface area contributed by atoms with Crippen LogP contribution in [0, 0.1) is 0 Å². The molecule has 50 heavy (non-hydrogen) atoms. The van der Waals surface area contributed by atoms with E-state index in [0.717, 1.165) is 71.7 Å². The maximum atomic E-state index is 6.53. The third-order valence-electron chi connectivity index (χ3n) is 10.1. The van der Waals surface area contributed by atoms with Crippen LogP contribution in [0.15, 0.2) is 173 Å². The highest BCUT2D eigenvalue weighted by Crippen LogP contribution is 2.47. The Morgan fingerprint density at radius 3 is 1.76 bits per heavy atom. The fourth-order valence-corrected chi connectivity index (χ4v) is 8.96. The molecule has 0 amide bonds. The van der Waals surface area contributed by atoms with Crippen molar-refractivity contribution in [1.29, 1.82) is 0 Å². The van der Waals surface area contributed by atoms with E-state index in [9.17, 15) is 0 Å². The highest BCUT2D eigenvalue weighted by Gasteiger charge is 2.21. The van der Waals surface area contributed by atoms with Gasteiger partial charge in [0.15, 0.2) is 0 Å². The molecule has 0 atom stereocenters. The number of fused-ring (bicyclic) bond motifs is 12. The predicted octanol–water partition coefficient (Wildman–Crippen LogP) is 14.1. The van der Waals surface area contributed by atoms with E-state index in [1.807, 2.05) is 23.5 Å². The summed E-state index contributed by atoms with van der Waals surface area (Å²) in [6.45, 7) is 0. The quantitative estimate of drug-likeness (QED) is 0.189. The molecular formula is C46H27NO2S. The third kappa shape index (κ3) is 4.03. The van der Waals surface area contributed by atoms with E-state index in [0.29, 0.717) is 0 Å². The molecule has 0 unspecified atom stereocenters. The van der Waals surface area contributed by atoms with Gasteiger partial charge in [-0.05, 0) is 101 Å². The lowest BCUT2D eigenvalue weighted by atomic mass is 9.99. The van der Waals surface area contributed by atoms with E-state index in [4.69, 9.17) is 8.83 Å². The fourth-order valence-electron chi connectivity index (χ4n) is 7.84. The molecule has 0 aliphatic heterocycles. The average molecular weight is 658 g/mol. The normalized spacial score (nSPS) is 12.0. The molecule has 0 aliphatic rings. The van der Waals surface area contributed by atoms with E-state index in [2.05, 4.69) is 157 Å². The number of thiophene rings is 1. The first-order valence-corrected chi connectivity index (χ1v) is 17.7. The van der Waals surface area contributed by atoms with Crippen LogP contribution in [-0.4, -0.2) is 0 Å². The van der Waals surface area contributed by atoms with Gasteiger partial charge >= 0.3 is 0 Å². The van der Waals surface area contributed by atoms with E-state index in [-0.39, 0.29) is 0 Å². The predicted molar refractivity (Wildman–Crippen MR) is 212 cm³/mol. The van der Waals surface area contributed by atoms with Crippen molar-refractivity contribution in [2.75, 3.05) is 4.90 Å². The summed E-state index contributed by atoms with van der Waals surface area (Å²) < 4.78 is 15.3. The van der Waals surface area contributed by atoms with Crippen LogP contribution in [0.25, 0.3) is 85.9 Å². The minimum atomic E-state index is 0.868. The molecule has 3 heterocycles. The maximum Gasteiger partial charge on any atom is 0.136 e. The number of furan rings is 2. The zero-order valence-electron chi connectivity index (χ0n) is 26.8. The Kier molecular flexibility index (Phi) is 5.83. The molecule has 0 N–H and O–H groups in total. The first-order valence-electron chi connectivity index (χ1n) is 16.8. The second-order valence-corrected chi connectivity index (χ2v) is 13.9. The van der Waals surface area contributed by atoms with Crippen LogP contribution in [0.2, 0.25) is 0 Å². The minimum absolute atomic E-state index is 0.868. The minimum Gasteiger partial charge on any atom is -0.456 e. The molecule has 4 heteroatoms. The number of nitrogens with zero attached hydrogens (tertiary/aromatic N) is 1. The summed E-state index contributed by atoms with van der Waals surface area (Å²) in [5.41, 5.74) is 9.25. The largest absolute Gasteiger partial charge is 0.456 e. The van der Waals surface area contributed by atoms with Crippen molar-refractivity contribution in [2.24, 2.45) is 0 Å². The molecule has 11 rings (SSSR count). The van der Waals surface area contributed by atoms with Gasteiger partial charge in [-0.15, -0.1) is 11.3 Å². The van der Waals surface area contributed by atoms with Crippen LogP contribution in [0.5, 0.6) is 0 Å². The van der Waals surface area contributed by atoms with Crippen LogP contribution >= 0.6 is 11.3 Å². The lowest BCUT2D eigenvalue weighted by Gasteiger charge is -2.27. The van der Waals surface area contributed by atoms with Gasteiger partial charge in [-0.1, -0.05) is 84.9 Å². The van der Waals surface area contributed by atoms with Crippen molar-refractivity contribution in [3.63, 3.8) is 0 Å². The van der Waals surface area contributed by atoms with Crippen molar-refractivity contribution in [1.82, 2.24) is 0 Å². The SMILES string of the molecule is c1ccc(-c2ccc(N(c3ccc4oc5ccc6c(ccc7oc8ccccc8c76)c5c4c3)c3cccc4sc5ccccc5c34)cc2)cc1. The molecule has 3 nitrogen and oxygen atoms in total. The molecular weight excluding hydrogens is 631 g/mol.